The molecular formula is C24H17ClN6O5. The van der Waals surface area contributed by atoms with E-state index in [4.69, 9.17) is 25.3 Å². The fraction of sp³-hybridized carbons (Fsp3) is 0.0417. The van der Waals surface area contributed by atoms with Crippen LogP contribution in [0.5, 0.6) is 11.6 Å². The first-order chi connectivity index (χ1) is 17.5. The summed E-state index contributed by atoms with van der Waals surface area (Å²) in [4.78, 5) is 33.9. The highest BCUT2D eigenvalue weighted by Crippen LogP contribution is 2.23. The standard InChI is InChI=1S/C24H17ClN6O5/c25-16-3-1-15(2-4-16)12-31-23(33)19(29-22(32)20-13-34-14-27-20)11-26-24(31)28-17-5-7-18(8-6-17)36-21-9-10-35-30-21/h1-11,13-14H,12H2,(H,26,28)(H,29,32). The third kappa shape index (κ3) is 5.26. The van der Waals surface area contributed by atoms with Gasteiger partial charge in [0.25, 0.3) is 17.3 Å². The van der Waals surface area contributed by atoms with Gasteiger partial charge in [-0.3, -0.25) is 14.2 Å². The van der Waals surface area contributed by atoms with Crippen LogP contribution in [0.2, 0.25) is 5.02 Å². The van der Waals surface area contributed by atoms with Gasteiger partial charge in [-0.25, -0.2) is 9.97 Å². The van der Waals surface area contributed by atoms with Gasteiger partial charge in [0.05, 0.1) is 12.7 Å². The molecule has 36 heavy (non-hydrogen) atoms. The summed E-state index contributed by atoms with van der Waals surface area (Å²) in [6, 6.07) is 15.6. The summed E-state index contributed by atoms with van der Waals surface area (Å²) >= 11 is 6.00. The summed E-state index contributed by atoms with van der Waals surface area (Å²) in [6.45, 7) is 0.173. The molecule has 3 aromatic heterocycles. The van der Waals surface area contributed by atoms with Crippen LogP contribution in [-0.2, 0) is 6.54 Å². The lowest BCUT2D eigenvalue weighted by Gasteiger charge is -2.15. The zero-order chi connectivity index (χ0) is 24.9. The van der Waals surface area contributed by atoms with Gasteiger partial charge in [0.1, 0.15) is 24.0 Å². The molecule has 0 saturated heterocycles. The minimum Gasteiger partial charge on any atom is -0.451 e. The molecule has 11 nitrogen and oxygen atoms in total. The predicted molar refractivity (Wildman–Crippen MR) is 130 cm³/mol. The molecule has 0 saturated carbocycles. The van der Waals surface area contributed by atoms with E-state index in [0.29, 0.717) is 22.3 Å². The number of oxazole rings is 1. The Balaban J connectivity index is 1.43. The minimum absolute atomic E-state index is 0.0149. The number of rotatable bonds is 8. The van der Waals surface area contributed by atoms with E-state index in [2.05, 4.69) is 25.8 Å². The highest BCUT2D eigenvalue weighted by Gasteiger charge is 2.16. The van der Waals surface area contributed by atoms with Gasteiger partial charge in [-0.15, -0.1) is 0 Å². The normalized spacial score (nSPS) is 10.7. The Hall–Kier alpha value is -4.90. The second-order valence-electron chi connectivity index (χ2n) is 7.43. The number of ether oxygens (including phenoxy) is 1. The van der Waals surface area contributed by atoms with Crippen LogP contribution in [-0.4, -0.2) is 25.6 Å². The van der Waals surface area contributed by atoms with Crippen LogP contribution in [0.15, 0.2) is 93.4 Å². The number of carbonyl (C=O) groups excluding carboxylic acids is 1. The van der Waals surface area contributed by atoms with Crippen molar-refractivity contribution in [2.75, 3.05) is 10.6 Å². The number of halogens is 1. The highest BCUT2D eigenvalue weighted by molar-refractivity contribution is 6.30. The van der Waals surface area contributed by atoms with Crippen LogP contribution in [0.4, 0.5) is 17.3 Å². The van der Waals surface area contributed by atoms with Crippen LogP contribution >= 0.6 is 11.6 Å². The van der Waals surface area contributed by atoms with Gasteiger partial charge >= 0.3 is 0 Å². The maximum Gasteiger partial charge on any atom is 0.279 e. The predicted octanol–water partition coefficient (Wildman–Crippen LogP) is 4.71. The van der Waals surface area contributed by atoms with E-state index in [9.17, 15) is 9.59 Å². The lowest BCUT2D eigenvalue weighted by Crippen LogP contribution is -2.29. The molecular weight excluding hydrogens is 488 g/mol. The van der Waals surface area contributed by atoms with Gasteiger partial charge in [-0.2, -0.15) is 0 Å². The second-order valence-corrected chi connectivity index (χ2v) is 7.87. The van der Waals surface area contributed by atoms with Crippen LogP contribution in [0.3, 0.4) is 0 Å². The van der Waals surface area contributed by atoms with Crippen LogP contribution in [0, 0.1) is 0 Å². The van der Waals surface area contributed by atoms with E-state index in [1.165, 1.54) is 23.3 Å². The number of hydrogen-bond donors (Lipinski definition) is 2. The van der Waals surface area contributed by atoms with Crippen LogP contribution in [0.25, 0.3) is 0 Å². The Kier molecular flexibility index (Phi) is 6.45. The first-order valence-electron chi connectivity index (χ1n) is 10.5. The third-order valence-corrected chi connectivity index (χ3v) is 5.21. The molecule has 0 radical (unpaired) electrons. The quantitative estimate of drug-likeness (QED) is 0.307. The number of amides is 1. The molecule has 3 heterocycles. The first-order valence-corrected chi connectivity index (χ1v) is 10.9. The van der Waals surface area contributed by atoms with Crippen molar-refractivity contribution in [3.05, 3.63) is 106 Å². The summed E-state index contributed by atoms with van der Waals surface area (Å²) in [7, 11) is 0. The smallest absolute Gasteiger partial charge is 0.279 e. The molecule has 0 spiro atoms. The number of nitrogens with zero attached hydrogens (tertiary/aromatic N) is 4. The van der Waals surface area contributed by atoms with Crippen molar-refractivity contribution in [1.82, 2.24) is 19.7 Å². The van der Waals surface area contributed by atoms with Crippen molar-refractivity contribution in [2.45, 2.75) is 6.54 Å². The monoisotopic (exact) mass is 504 g/mol. The average molecular weight is 505 g/mol. The number of benzene rings is 2. The molecule has 0 fully saturated rings. The van der Waals surface area contributed by atoms with E-state index in [1.807, 2.05) is 0 Å². The second kappa shape index (κ2) is 10.2. The van der Waals surface area contributed by atoms with Gasteiger partial charge in [0.2, 0.25) is 5.95 Å². The molecule has 180 valence electrons. The van der Waals surface area contributed by atoms with E-state index in [-0.39, 0.29) is 23.9 Å². The molecule has 2 aromatic carbocycles. The van der Waals surface area contributed by atoms with Gasteiger partial charge in [0, 0.05) is 16.8 Å². The molecule has 0 aliphatic carbocycles. The largest absolute Gasteiger partial charge is 0.451 e. The van der Waals surface area contributed by atoms with Crippen molar-refractivity contribution < 1.29 is 18.5 Å². The topological polar surface area (TPSA) is 137 Å². The Morgan fingerprint density at radius 2 is 1.86 bits per heavy atom. The molecule has 1 amide bonds. The van der Waals surface area contributed by atoms with Gasteiger partial charge in [-0.1, -0.05) is 23.7 Å². The van der Waals surface area contributed by atoms with E-state index < -0.39 is 11.5 Å². The van der Waals surface area contributed by atoms with Crippen LogP contribution < -0.4 is 20.9 Å². The molecule has 12 heteroatoms. The highest BCUT2D eigenvalue weighted by atomic mass is 35.5. The molecule has 5 rings (SSSR count). The van der Waals surface area contributed by atoms with Crippen molar-refractivity contribution in [3.8, 4) is 11.6 Å². The number of carbonyl (C=O) groups is 1. The molecule has 0 atom stereocenters. The van der Waals surface area contributed by atoms with Gasteiger partial charge in [0.15, 0.2) is 12.1 Å². The zero-order valence-corrected chi connectivity index (χ0v) is 19.2. The maximum absolute atomic E-state index is 13.4. The summed E-state index contributed by atoms with van der Waals surface area (Å²) in [5, 5.41) is 9.94. The number of hydrogen-bond acceptors (Lipinski definition) is 9. The summed E-state index contributed by atoms with van der Waals surface area (Å²) < 4.78 is 16.6. The Bertz CT molecular complexity index is 1520. The Labute approximate surface area is 208 Å². The summed E-state index contributed by atoms with van der Waals surface area (Å²) in [6.07, 6.45) is 5.00. The number of aromatic nitrogens is 4. The van der Waals surface area contributed by atoms with Crippen molar-refractivity contribution in [1.29, 1.82) is 0 Å². The zero-order valence-electron chi connectivity index (χ0n) is 18.4. The minimum atomic E-state index is -0.593. The van der Waals surface area contributed by atoms with Crippen LogP contribution in [0.1, 0.15) is 16.1 Å². The van der Waals surface area contributed by atoms with Gasteiger partial charge in [-0.05, 0) is 47.1 Å². The molecule has 0 unspecified atom stereocenters. The molecule has 5 aromatic rings. The summed E-state index contributed by atoms with van der Waals surface area (Å²) in [5.74, 6) is 0.549. The maximum atomic E-state index is 13.4. The van der Waals surface area contributed by atoms with E-state index >= 15 is 0 Å². The number of anilines is 3. The van der Waals surface area contributed by atoms with E-state index in [0.717, 1.165) is 12.0 Å². The number of nitrogens with one attached hydrogen (secondary N) is 2. The summed E-state index contributed by atoms with van der Waals surface area (Å²) in [5.41, 5.74) is 1.01. The first kappa shape index (κ1) is 22.9. The van der Waals surface area contributed by atoms with Crippen molar-refractivity contribution in [2.24, 2.45) is 0 Å². The Morgan fingerprint density at radius 1 is 1.06 bits per heavy atom. The SMILES string of the molecule is O=C(Nc1cnc(Nc2ccc(Oc3ccon3)cc2)n(Cc2ccc(Cl)cc2)c1=O)c1cocn1. The fourth-order valence-electron chi connectivity index (χ4n) is 3.22. The van der Waals surface area contributed by atoms with Crippen molar-refractivity contribution >= 4 is 34.8 Å². The van der Waals surface area contributed by atoms with E-state index in [1.54, 1.807) is 54.6 Å². The molecule has 0 aliphatic heterocycles. The lowest BCUT2D eigenvalue weighted by molar-refractivity contribution is 0.102. The fourth-order valence-corrected chi connectivity index (χ4v) is 3.34. The Morgan fingerprint density at radius 3 is 2.56 bits per heavy atom. The molecule has 0 aliphatic rings. The molecule has 2 N–H and O–H groups in total. The third-order valence-electron chi connectivity index (χ3n) is 4.96. The van der Waals surface area contributed by atoms with Crippen molar-refractivity contribution in [3.63, 3.8) is 0 Å². The molecule has 0 bridgehead atoms. The lowest BCUT2D eigenvalue weighted by atomic mass is 10.2. The van der Waals surface area contributed by atoms with Gasteiger partial charge < -0.3 is 24.3 Å². The average Bonchev–Trinajstić information content (AvgIpc) is 3.60.